The van der Waals surface area contributed by atoms with Gasteiger partial charge < -0.3 is 15.2 Å². The first-order valence-electron chi connectivity index (χ1n) is 5.44. The molecule has 0 aliphatic heterocycles. The van der Waals surface area contributed by atoms with E-state index in [2.05, 4.69) is 5.32 Å². The summed E-state index contributed by atoms with van der Waals surface area (Å²) in [5, 5.41) is 22.4. The van der Waals surface area contributed by atoms with Crippen LogP contribution >= 0.6 is 0 Å². The number of aliphatic hydroxyl groups is 1. The van der Waals surface area contributed by atoms with Crippen LogP contribution in [0.1, 0.15) is 13.3 Å². The quantitative estimate of drug-likeness (QED) is 0.431. The molecule has 0 heterocycles. The number of nitro groups is 1. The van der Waals surface area contributed by atoms with Crippen molar-refractivity contribution in [3.05, 3.63) is 28.3 Å². The summed E-state index contributed by atoms with van der Waals surface area (Å²) in [6, 6.07) is 4.54. The molecule has 0 aliphatic rings. The number of benzene rings is 1. The zero-order chi connectivity index (χ0) is 12.7. The van der Waals surface area contributed by atoms with Gasteiger partial charge >= 0.3 is 0 Å². The van der Waals surface area contributed by atoms with E-state index in [0.717, 1.165) is 0 Å². The number of non-ortho nitro benzene ring substituents is 1. The average molecular weight is 240 g/mol. The molecule has 0 unspecified atom stereocenters. The molecule has 0 aliphatic carbocycles. The molecule has 17 heavy (non-hydrogen) atoms. The molecule has 0 aromatic heterocycles. The predicted octanol–water partition coefficient (Wildman–Crippen LogP) is 1.79. The zero-order valence-electron chi connectivity index (χ0n) is 9.68. The minimum Gasteiger partial charge on any atom is -0.494 e. The Kier molecular flexibility index (Phi) is 5.22. The SMILES string of the molecule is CCOc1cc(NCCCO)cc([N+](=O)[O-])c1. The second-order valence-electron chi connectivity index (χ2n) is 3.41. The van der Waals surface area contributed by atoms with Crippen molar-refractivity contribution in [3.8, 4) is 5.75 Å². The zero-order valence-corrected chi connectivity index (χ0v) is 9.68. The van der Waals surface area contributed by atoms with Crippen LogP contribution in [0, 0.1) is 10.1 Å². The van der Waals surface area contributed by atoms with Crippen molar-refractivity contribution >= 4 is 11.4 Å². The minimum absolute atomic E-state index is 0.0116. The lowest BCUT2D eigenvalue weighted by molar-refractivity contribution is -0.384. The van der Waals surface area contributed by atoms with E-state index in [-0.39, 0.29) is 12.3 Å². The summed E-state index contributed by atoms with van der Waals surface area (Å²) in [5.74, 6) is 0.466. The molecule has 1 rings (SSSR count). The second-order valence-corrected chi connectivity index (χ2v) is 3.41. The van der Waals surface area contributed by atoms with Crippen molar-refractivity contribution in [1.82, 2.24) is 0 Å². The lowest BCUT2D eigenvalue weighted by atomic mass is 10.2. The van der Waals surface area contributed by atoms with E-state index >= 15 is 0 Å². The topological polar surface area (TPSA) is 84.6 Å². The molecule has 0 bridgehead atoms. The van der Waals surface area contributed by atoms with Gasteiger partial charge in [-0.25, -0.2) is 0 Å². The molecule has 0 fully saturated rings. The van der Waals surface area contributed by atoms with Crippen LogP contribution in [0.15, 0.2) is 18.2 Å². The standard InChI is InChI=1S/C11H16N2O4/c1-2-17-11-7-9(12-4-3-5-14)6-10(8-11)13(15)16/h6-8,12,14H,2-5H2,1H3. The van der Waals surface area contributed by atoms with Gasteiger partial charge in [0.05, 0.1) is 17.6 Å². The molecule has 0 spiro atoms. The molecule has 1 aromatic carbocycles. The fraction of sp³-hybridized carbons (Fsp3) is 0.455. The Balaban J connectivity index is 2.83. The maximum Gasteiger partial charge on any atom is 0.275 e. The summed E-state index contributed by atoms with van der Waals surface area (Å²) in [4.78, 5) is 10.3. The highest BCUT2D eigenvalue weighted by atomic mass is 16.6. The highest BCUT2D eigenvalue weighted by Gasteiger charge is 2.10. The monoisotopic (exact) mass is 240 g/mol. The van der Waals surface area contributed by atoms with Crippen LogP contribution in [0.2, 0.25) is 0 Å². The van der Waals surface area contributed by atoms with E-state index in [1.165, 1.54) is 12.1 Å². The number of ether oxygens (including phenoxy) is 1. The fourth-order valence-corrected chi connectivity index (χ4v) is 1.35. The fourth-order valence-electron chi connectivity index (χ4n) is 1.35. The maximum absolute atomic E-state index is 10.7. The first-order valence-corrected chi connectivity index (χ1v) is 5.44. The number of rotatable bonds is 7. The van der Waals surface area contributed by atoms with Gasteiger partial charge in [-0.05, 0) is 13.3 Å². The van der Waals surface area contributed by atoms with Crippen LogP contribution in [0.25, 0.3) is 0 Å². The molecule has 0 atom stereocenters. The normalized spacial score (nSPS) is 10.0. The summed E-state index contributed by atoms with van der Waals surface area (Å²) in [5.41, 5.74) is 0.610. The van der Waals surface area contributed by atoms with Crippen molar-refractivity contribution in [3.63, 3.8) is 0 Å². The van der Waals surface area contributed by atoms with E-state index in [1.54, 1.807) is 6.07 Å². The van der Waals surface area contributed by atoms with Crippen LogP contribution in [-0.4, -0.2) is 29.8 Å². The Morgan fingerprint density at radius 3 is 2.82 bits per heavy atom. The molecule has 1 aromatic rings. The van der Waals surface area contributed by atoms with Crippen LogP contribution in [0.3, 0.4) is 0 Å². The lowest BCUT2D eigenvalue weighted by Crippen LogP contribution is -2.04. The molecule has 0 saturated carbocycles. The molecule has 2 N–H and O–H groups in total. The number of hydrogen-bond donors (Lipinski definition) is 2. The van der Waals surface area contributed by atoms with Crippen LogP contribution in [0.4, 0.5) is 11.4 Å². The third-order valence-corrected chi connectivity index (χ3v) is 2.08. The summed E-state index contributed by atoms with van der Waals surface area (Å²) in [7, 11) is 0. The molecule has 0 amide bonds. The van der Waals surface area contributed by atoms with Gasteiger partial charge in [-0.1, -0.05) is 0 Å². The number of nitrogens with zero attached hydrogens (tertiary/aromatic N) is 1. The van der Waals surface area contributed by atoms with Gasteiger partial charge in [0.25, 0.3) is 5.69 Å². The van der Waals surface area contributed by atoms with Crippen LogP contribution < -0.4 is 10.1 Å². The van der Waals surface area contributed by atoms with Gasteiger partial charge in [-0.2, -0.15) is 0 Å². The van der Waals surface area contributed by atoms with Crippen molar-refractivity contribution in [1.29, 1.82) is 0 Å². The van der Waals surface area contributed by atoms with Gasteiger partial charge in [-0.3, -0.25) is 10.1 Å². The largest absolute Gasteiger partial charge is 0.494 e. The molecule has 0 saturated heterocycles. The number of nitrogens with one attached hydrogen (secondary N) is 1. The van der Waals surface area contributed by atoms with Crippen molar-refractivity contribution < 1.29 is 14.8 Å². The Labute approximate surface area is 99.4 Å². The first kappa shape index (κ1) is 13.2. The van der Waals surface area contributed by atoms with Gasteiger partial charge in [0.2, 0.25) is 0 Å². The molecular formula is C11H16N2O4. The molecule has 0 radical (unpaired) electrons. The number of hydrogen-bond acceptors (Lipinski definition) is 5. The summed E-state index contributed by atoms with van der Waals surface area (Å²) in [6.45, 7) is 2.92. The predicted molar refractivity (Wildman–Crippen MR) is 64.5 cm³/mol. The van der Waals surface area contributed by atoms with Gasteiger partial charge in [0.15, 0.2) is 0 Å². The Bertz CT molecular complexity index is 382. The third kappa shape index (κ3) is 4.28. The Morgan fingerprint density at radius 1 is 1.47 bits per heavy atom. The van der Waals surface area contributed by atoms with E-state index < -0.39 is 4.92 Å². The van der Waals surface area contributed by atoms with E-state index in [0.29, 0.717) is 31.0 Å². The van der Waals surface area contributed by atoms with Gasteiger partial charge in [0, 0.05) is 31.0 Å². The lowest BCUT2D eigenvalue weighted by Gasteiger charge is -2.08. The van der Waals surface area contributed by atoms with E-state index in [4.69, 9.17) is 9.84 Å². The van der Waals surface area contributed by atoms with Gasteiger partial charge in [-0.15, -0.1) is 0 Å². The molecule has 6 nitrogen and oxygen atoms in total. The van der Waals surface area contributed by atoms with E-state index in [1.807, 2.05) is 6.92 Å². The van der Waals surface area contributed by atoms with E-state index in [9.17, 15) is 10.1 Å². The third-order valence-electron chi connectivity index (χ3n) is 2.08. The van der Waals surface area contributed by atoms with Crippen molar-refractivity contribution in [2.24, 2.45) is 0 Å². The second kappa shape index (κ2) is 6.70. The number of anilines is 1. The summed E-state index contributed by atoms with van der Waals surface area (Å²) in [6.07, 6.45) is 0.590. The summed E-state index contributed by atoms with van der Waals surface area (Å²) >= 11 is 0. The molecule has 94 valence electrons. The average Bonchev–Trinajstić information content (AvgIpc) is 2.29. The highest BCUT2D eigenvalue weighted by molar-refractivity contribution is 5.56. The first-order chi connectivity index (χ1) is 8.17. The Morgan fingerprint density at radius 2 is 2.24 bits per heavy atom. The Hall–Kier alpha value is -1.82. The summed E-state index contributed by atoms with van der Waals surface area (Å²) < 4.78 is 5.25. The number of nitro benzene ring substituents is 1. The van der Waals surface area contributed by atoms with Crippen molar-refractivity contribution in [2.75, 3.05) is 25.1 Å². The van der Waals surface area contributed by atoms with Crippen LogP contribution in [-0.2, 0) is 0 Å². The maximum atomic E-state index is 10.7. The highest BCUT2D eigenvalue weighted by Crippen LogP contribution is 2.25. The van der Waals surface area contributed by atoms with Gasteiger partial charge in [0.1, 0.15) is 5.75 Å². The molecule has 6 heteroatoms. The van der Waals surface area contributed by atoms with Crippen LogP contribution in [0.5, 0.6) is 5.75 Å². The van der Waals surface area contributed by atoms with Crippen molar-refractivity contribution in [2.45, 2.75) is 13.3 Å². The smallest absolute Gasteiger partial charge is 0.275 e. The number of aliphatic hydroxyl groups excluding tert-OH is 1. The minimum atomic E-state index is -0.459. The molecular weight excluding hydrogens is 224 g/mol.